The number of ether oxygens (including phenoxy) is 1. The lowest BCUT2D eigenvalue weighted by molar-refractivity contribution is -0.128. The maximum Gasteiger partial charge on any atom is 0.229 e. The van der Waals surface area contributed by atoms with Crippen LogP contribution in [0.2, 0.25) is 0 Å². The Bertz CT molecular complexity index is 695. The van der Waals surface area contributed by atoms with Crippen molar-refractivity contribution in [3.63, 3.8) is 0 Å². The molecular weight excluding hydrogens is 351 g/mol. The number of hydrogen-bond acceptors (Lipinski definition) is 4. The predicted molar refractivity (Wildman–Crippen MR) is 86.9 cm³/mol. The molecule has 0 aromatic heterocycles. The van der Waals surface area contributed by atoms with E-state index in [4.69, 9.17) is 4.74 Å². The van der Waals surface area contributed by atoms with E-state index in [9.17, 15) is 22.8 Å². The Morgan fingerprint density at radius 2 is 1.88 bits per heavy atom. The van der Waals surface area contributed by atoms with Gasteiger partial charge in [0.1, 0.15) is 0 Å². The second-order valence-electron chi connectivity index (χ2n) is 6.41. The summed E-state index contributed by atoms with van der Waals surface area (Å²) in [4.78, 5) is 28.1. The first-order valence-corrected chi connectivity index (χ1v) is 8.48. The zero-order valence-corrected chi connectivity index (χ0v) is 14.1. The van der Waals surface area contributed by atoms with Crippen LogP contribution in [-0.2, 0) is 14.3 Å². The molecule has 9 heteroatoms. The van der Waals surface area contributed by atoms with E-state index in [1.165, 1.54) is 0 Å². The maximum atomic E-state index is 13.7. The Labute approximate surface area is 148 Å². The molecule has 26 heavy (non-hydrogen) atoms. The van der Waals surface area contributed by atoms with Crippen molar-refractivity contribution in [2.45, 2.75) is 6.42 Å². The van der Waals surface area contributed by atoms with Gasteiger partial charge in [0.15, 0.2) is 17.5 Å². The fourth-order valence-corrected chi connectivity index (χ4v) is 3.11. The summed E-state index contributed by atoms with van der Waals surface area (Å²) in [6.45, 7) is 4.37. The number of rotatable bonds is 5. The molecule has 0 aliphatic carbocycles. The van der Waals surface area contributed by atoms with Gasteiger partial charge in [-0.25, -0.2) is 13.2 Å². The average molecular weight is 371 g/mol. The monoisotopic (exact) mass is 371 g/mol. The highest BCUT2D eigenvalue weighted by Gasteiger charge is 2.34. The van der Waals surface area contributed by atoms with E-state index < -0.39 is 35.0 Å². The quantitative estimate of drug-likeness (QED) is 0.791. The third kappa shape index (κ3) is 4.16. The number of carbonyl (C=O) groups is 2. The van der Waals surface area contributed by atoms with Gasteiger partial charge in [0.2, 0.25) is 11.8 Å². The smallest absolute Gasteiger partial charge is 0.229 e. The van der Waals surface area contributed by atoms with Gasteiger partial charge in [0.05, 0.1) is 24.8 Å². The largest absolute Gasteiger partial charge is 0.379 e. The van der Waals surface area contributed by atoms with Crippen molar-refractivity contribution in [3.8, 4) is 0 Å². The first-order valence-electron chi connectivity index (χ1n) is 8.48. The van der Waals surface area contributed by atoms with E-state index in [0.717, 1.165) is 25.2 Å². The highest BCUT2D eigenvalue weighted by molar-refractivity contribution is 5.97. The predicted octanol–water partition coefficient (Wildman–Crippen LogP) is 1.22. The van der Waals surface area contributed by atoms with Gasteiger partial charge in [-0.15, -0.1) is 0 Å². The second kappa shape index (κ2) is 8.05. The lowest BCUT2D eigenvalue weighted by atomic mass is 10.1. The standard InChI is InChI=1S/C17H20F3N3O3/c18-12-1-2-13(16(20)15(12)19)21-17(25)11-9-14(24)23(10-11)4-3-22-5-7-26-8-6-22/h1-2,11H,3-10H2,(H,21,25). The number of anilines is 1. The molecule has 2 aliphatic rings. The van der Waals surface area contributed by atoms with Crippen LogP contribution in [0.4, 0.5) is 18.9 Å². The van der Waals surface area contributed by atoms with Crippen LogP contribution < -0.4 is 5.32 Å². The summed E-state index contributed by atoms with van der Waals surface area (Å²) in [5, 5.41) is 2.24. The van der Waals surface area contributed by atoms with Gasteiger partial charge in [0.25, 0.3) is 0 Å². The minimum Gasteiger partial charge on any atom is -0.379 e. The lowest BCUT2D eigenvalue weighted by Crippen LogP contribution is -2.42. The van der Waals surface area contributed by atoms with Crippen LogP contribution in [0.25, 0.3) is 0 Å². The summed E-state index contributed by atoms with van der Waals surface area (Å²) in [6, 6.07) is 1.70. The number of halogens is 3. The molecule has 2 amide bonds. The molecule has 6 nitrogen and oxygen atoms in total. The van der Waals surface area contributed by atoms with Crippen LogP contribution in [0.1, 0.15) is 6.42 Å². The van der Waals surface area contributed by atoms with Crippen LogP contribution in [0.5, 0.6) is 0 Å². The summed E-state index contributed by atoms with van der Waals surface area (Å²) in [6.07, 6.45) is 0.0141. The second-order valence-corrected chi connectivity index (χ2v) is 6.41. The van der Waals surface area contributed by atoms with Crippen molar-refractivity contribution < 1.29 is 27.5 Å². The molecule has 1 aromatic rings. The van der Waals surface area contributed by atoms with Gasteiger partial charge >= 0.3 is 0 Å². The van der Waals surface area contributed by atoms with Crippen LogP contribution in [0.3, 0.4) is 0 Å². The Kier molecular flexibility index (Phi) is 5.77. The fraction of sp³-hybridized carbons (Fsp3) is 0.529. The topological polar surface area (TPSA) is 61.9 Å². The van der Waals surface area contributed by atoms with Gasteiger partial charge in [-0.1, -0.05) is 0 Å². The normalized spacial score (nSPS) is 21.3. The minimum absolute atomic E-state index is 0.0141. The molecule has 1 N–H and O–H groups in total. The van der Waals surface area contributed by atoms with Gasteiger partial charge < -0.3 is 15.0 Å². The highest BCUT2D eigenvalue weighted by Crippen LogP contribution is 2.23. The molecule has 0 radical (unpaired) electrons. The average Bonchev–Trinajstić information content (AvgIpc) is 3.02. The molecule has 0 bridgehead atoms. The Morgan fingerprint density at radius 3 is 2.62 bits per heavy atom. The number of hydrogen-bond donors (Lipinski definition) is 1. The molecule has 2 heterocycles. The molecule has 142 valence electrons. The molecule has 1 unspecified atom stereocenters. The Hall–Kier alpha value is -2.13. The van der Waals surface area contributed by atoms with E-state index >= 15 is 0 Å². The summed E-state index contributed by atoms with van der Waals surface area (Å²) >= 11 is 0. The Morgan fingerprint density at radius 1 is 1.15 bits per heavy atom. The van der Waals surface area contributed by atoms with Crippen molar-refractivity contribution in [1.82, 2.24) is 9.80 Å². The zero-order chi connectivity index (χ0) is 18.7. The van der Waals surface area contributed by atoms with Crippen LogP contribution in [-0.4, -0.2) is 67.6 Å². The molecule has 1 atom stereocenters. The third-order valence-electron chi connectivity index (χ3n) is 4.67. The number of morpholine rings is 1. The van der Waals surface area contributed by atoms with Gasteiger partial charge in [0, 0.05) is 39.1 Å². The van der Waals surface area contributed by atoms with Crippen molar-refractivity contribution >= 4 is 17.5 Å². The van der Waals surface area contributed by atoms with Crippen LogP contribution in [0.15, 0.2) is 12.1 Å². The van der Waals surface area contributed by atoms with E-state index in [2.05, 4.69) is 10.2 Å². The molecule has 2 fully saturated rings. The number of nitrogens with one attached hydrogen (secondary N) is 1. The number of benzene rings is 1. The van der Waals surface area contributed by atoms with Crippen molar-refractivity contribution in [3.05, 3.63) is 29.6 Å². The first-order chi connectivity index (χ1) is 12.5. The molecule has 1 aromatic carbocycles. The zero-order valence-electron chi connectivity index (χ0n) is 14.1. The van der Waals surface area contributed by atoms with Crippen molar-refractivity contribution in [1.29, 1.82) is 0 Å². The summed E-state index contributed by atoms with van der Waals surface area (Å²) in [5.41, 5.74) is -0.437. The van der Waals surface area contributed by atoms with E-state index in [1.807, 2.05) is 0 Å². The van der Waals surface area contributed by atoms with E-state index in [1.54, 1.807) is 4.90 Å². The van der Waals surface area contributed by atoms with Gasteiger partial charge in [-0.2, -0.15) is 0 Å². The fourth-order valence-electron chi connectivity index (χ4n) is 3.11. The lowest BCUT2D eigenvalue weighted by Gasteiger charge is -2.28. The molecule has 0 saturated carbocycles. The summed E-state index contributed by atoms with van der Waals surface area (Å²) in [5.74, 6) is -5.81. The molecule has 2 aliphatic heterocycles. The number of carbonyl (C=O) groups excluding carboxylic acids is 2. The van der Waals surface area contributed by atoms with Crippen LogP contribution >= 0.6 is 0 Å². The highest BCUT2D eigenvalue weighted by atomic mass is 19.2. The summed E-state index contributed by atoms with van der Waals surface area (Å²) < 4.78 is 45.1. The van der Waals surface area contributed by atoms with Crippen molar-refractivity contribution in [2.75, 3.05) is 51.3 Å². The van der Waals surface area contributed by atoms with E-state index in [-0.39, 0.29) is 18.9 Å². The molecule has 3 rings (SSSR count). The number of amides is 2. The van der Waals surface area contributed by atoms with E-state index in [0.29, 0.717) is 26.3 Å². The SMILES string of the molecule is O=C(Nc1ccc(F)c(F)c1F)C1CC(=O)N(CCN2CCOCC2)C1. The van der Waals surface area contributed by atoms with Gasteiger partial charge in [-0.05, 0) is 12.1 Å². The van der Waals surface area contributed by atoms with Crippen molar-refractivity contribution in [2.24, 2.45) is 5.92 Å². The first kappa shape index (κ1) is 18.7. The number of likely N-dealkylation sites (tertiary alicyclic amines) is 1. The molecule has 2 saturated heterocycles. The maximum absolute atomic E-state index is 13.7. The minimum atomic E-state index is -1.64. The van der Waals surface area contributed by atoms with Gasteiger partial charge in [-0.3, -0.25) is 14.5 Å². The van der Waals surface area contributed by atoms with Crippen LogP contribution in [0, 0.1) is 23.4 Å². The summed E-state index contributed by atoms with van der Waals surface area (Å²) in [7, 11) is 0. The molecular formula is C17H20F3N3O3. The molecule has 0 spiro atoms. The number of nitrogens with zero attached hydrogens (tertiary/aromatic N) is 2. The Balaban J connectivity index is 1.54. The third-order valence-corrected chi connectivity index (χ3v) is 4.67.